The van der Waals surface area contributed by atoms with Gasteiger partial charge in [-0.25, -0.2) is 4.79 Å². The van der Waals surface area contributed by atoms with Gasteiger partial charge in [-0.2, -0.15) is 0 Å². The maximum absolute atomic E-state index is 12.8. The van der Waals surface area contributed by atoms with E-state index in [1.54, 1.807) is 43.3 Å². The van der Waals surface area contributed by atoms with Crippen molar-refractivity contribution in [1.82, 2.24) is 0 Å². The highest BCUT2D eigenvalue weighted by atomic mass is 16.5. The van der Waals surface area contributed by atoms with Crippen LogP contribution in [0.3, 0.4) is 0 Å². The number of anilines is 1. The van der Waals surface area contributed by atoms with Crippen molar-refractivity contribution in [3.05, 3.63) is 42.0 Å². The summed E-state index contributed by atoms with van der Waals surface area (Å²) in [7, 11) is 0. The number of esters is 1. The summed E-state index contributed by atoms with van der Waals surface area (Å²) in [6.07, 6.45) is 2.87. The van der Waals surface area contributed by atoms with E-state index in [-0.39, 0.29) is 19.1 Å². The second kappa shape index (κ2) is 5.42. The quantitative estimate of drug-likeness (QED) is 0.560. The summed E-state index contributed by atoms with van der Waals surface area (Å²) < 4.78 is 10.7. The molecule has 25 heavy (non-hydrogen) atoms. The molecule has 2 saturated heterocycles. The van der Waals surface area contributed by atoms with Gasteiger partial charge in [-0.15, -0.1) is 0 Å². The molecule has 3 heterocycles. The van der Waals surface area contributed by atoms with Gasteiger partial charge >= 0.3 is 5.97 Å². The first kappa shape index (κ1) is 15.8. The number of carboxylic acids is 1. The minimum atomic E-state index is -1.27. The minimum Gasteiger partial charge on any atom is -0.550 e. The van der Waals surface area contributed by atoms with Crippen molar-refractivity contribution in [3.8, 4) is 0 Å². The molecule has 2 bridgehead atoms. The number of aliphatic carboxylic acids is 1. The molecule has 7 nitrogen and oxygen atoms in total. The molecule has 7 heteroatoms. The number of hydrogen-bond donors (Lipinski definition) is 0. The molecule has 1 spiro atoms. The van der Waals surface area contributed by atoms with Crippen LogP contribution in [0.15, 0.2) is 36.4 Å². The Morgan fingerprint density at radius 2 is 2.08 bits per heavy atom. The van der Waals surface area contributed by atoms with Crippen molar-refractivity contribution >= 4 is 23.5 Å². The summed E-state index contributed by atoms with van der Waals surface area (Å²) in [5.41, 5.74) is 0.0615. The first-order valence-corrected chi connectivity index (χ1v) is 8.13. The molecule has 0 N–H and O–H groups in total. The maximum Gasteiger partial charge on any atom is 0.338 e. The van der Waals surface area contributed by atoms with Crippen LogP contribution in [0.2, 0.25) is 0 Å². The summed E-state index contributed by atoms with van der Waals surface area (Å²) in [5, 5.41) is 11.5. The van der Waals surface area contributed by atoms with Gasteiger partial charge in [0.2, 0.25) is 5.91 Å². The number of carbonyl (C=O) groups excluding carboxylic acids is 3. The van der Waals surface area contributed by atoms with E-state index in [9.17, 15) is 19.5 Å². The highest BCUT2D eigenvalue weighted by molar-refractivity contribution is 6.02. The van der Waals surface area contributed by atoms with E-state index in [0.29, 0.717) is 11.3 Å². The molecule has 0 aliphatic carbocycles. The summed E-state index contributed by atoms with van der Waals surface area (Å²) in [6, 6.07) is 6.45. The molecule has 2 fully saturated rings. The number of carbonyl (C=O) groups is 3. The van der Waals surface area contributed by atoms with Crippen molar-refractivity contribution in [1.29, 1.82) is 0 Å². The van der Waals surface area contributed by atoms with E-state index < -0.39 is 35.5 Å². The molecule has 0 unspecified atom stereocenters. The third-order valence-corrected chi connectivity index (χ3v) is 5.06. The molecule has 4 rings (SSSR count). The Hall–Kier alpha value is -2.67. The molecule has 3 aliphatic heterocycles. The Bertz CT molecular complexity index is 785. The first-order valence-electron chi connectivity index (χ1n) is 8.13. The molecular weight excluding hydrogens is 326 g/mol. The van der Waals surface area contributed by atoms with E-state index >= 15 is 0 Å². The van der Waals surface area contributed by atoms with Gasteiger partial charge in [-0.05, 0) is 31.2 Å². The van der Waals surface area contributed by atoms with Crippen molar-refractivity contribution in [2.24, 2.45) is 11.8 Å². The molecule has 1 aromatic carbocycles. The van der Waals surface area contributed by atoms with Crippen molar-refractivity contribution in [2.45, 2.75) is 18.6 Å². The lowest BCUT2D eigenvalue weighted by Crippen LogP contribution is -2.45. The van der Waals surface area contributed by atoms with Crippen LogP contribution in [0, 0.1) is 11.8 Å². The van der Waals surface area contributed by atoms with E-state index in [2.05, 4.69) is 0 Å². The van der Waals surface area contributed by atoms with Gasteiger partial charge < -0.3 is 24.3 Å². The zero-order valence-electron chi connectivity index (χ0n) is 13.5. The van der Waals surface area contributed by atoms with Crippen LogP contribution in [-0.4, -0.2) is 42.7 Å². The molecule has 0 aromatic heterocycles. The van der Waals surface area contributed by atoms with Gasteiger partial charge in [0.15, 0.2) is 0 Å². The average Bonchev–Trinajstić information content (AvgIpc) is 3.23. The monoisotopic (exact) mass is 342 g/mol. The molecule has 1 aromatic rings. The second-order valence-corrected chi connectivity index (χ2v) is 6.41. The van der Waals surface area contributed by atoms with Gasteiger partial charge in [-0.3, -0.25) is 4.79 Å². The standard InChI is InChI=1S/C18H17NO6/c1-2-24-17(23)10-3-5-11(6-4-10)19-9-18-8-7-12(25-18)13(16(21)22)14(18)15(19)20/h3-8,12-14H,2,9H2,1H3,(H,21,22)/p-1/t12-,13-,14+,18+/m0/s1. The molecule has 3 aliphatic rings. The van der Waals surface area contributed by atoms with Gasteiger partial charge in [0.05, 0.1) is 30.7 Å². The van der Waals surface area contributed by atoms with E-state index in [1.165, 1.54) is 4.90 Å². The smallest absolute Gasteiger partial charge is 0.338 e. The number of fused-ring (bicyclic) bond motifs is 1. The van der Waals surface area contributed by atoms with Crippen molar-refractivity contribution < 1.29 is 29.0 Å². The number of ether oxygens (including phenoxy) is 2. The fourth-order valence-electron chi connectivity index (χ4n) is 3.98. The Labute approximate surface area is 143 Å². The lowest BCUT2D eigenvalue weighted by molar-refractivity contribution is -0.313. The third kappa shape index (κ3) is 2.19. The number of carboxylic acid groups (broad SMARTS) is 1. The predicted octanol–water partition coefficient (Wildman–Crippen LogP) is -0.100. The molecule has 4 atom stereocenters. The van der Waals surface area contributed by atoms with E-state index in [4.69, 9.17) is 9.47 Å². The average molecular weight is 342 g/mol. The number of rotatable bonds is 4. The fraction of sp³-hybridized carbons (Fsp3) is 0.389. The van der Waals surface area contributed by atoms with Crippen LogP contribution in [0.1, 0.15) is 17.3 Å². The SMILES string of the molecule is CCOC(=O)c1ccc(N2C[C@@]34C=C[C@H](O3)[C@H](C(=O)[O-])[C@@H]4C2=O)cc1. The second-order valence-electron chi connectivity index (χ2n) is 6.41. The predicted molar refractivity (Wildman–Crippen MR) is 83.5 cm³/mol. The van der Waals surface area contributed by atoms with Crippen LogP contribution < -0.4 is 10.0 Å². The van der Waals surface area contributed by atoms with Crippen LogP contribution in [0.5, 0.6) is 0 Å². The van der Waals surface area contributed by atoms with E-state index in [1.807, 2.05) is 0 Å². The Morgan fingerprint density at radius 1 is 1.36 bits per heavy atom. The topological polar surface area (TPSA) is 96.0 Å². The maximum atomic E-state index is 12.8. The normalized spacial score (nSPS) is 32.1. The molecule has 0 radical (unpaired) electrons. The number of benzene rings is 1. The van der Waals surface area contributed by atoms with Gasteiger partial charge in [0.1, 0.15) is 5.60 Å². The zero-order valence-corrected chi connectivity index (χ0v) is 13.5. The number of hydrogen-bond acceptors (Lipinski definition) is 6. The summed E-state index contributed by atoms with van der Waals surface area (Å²) in [4.78, 5) is 37.5. The zero-order chi connectivity index (χ0) is 17.8. The Kier molecular flexibility index (Phi) is 3.43. The first-order chi connectivity index (χ1) is 12.0. The highest BCUT2D eigenvalue weighted by Crippen LogP contribution is 2.52. The van der Waals surface area contributed by atoms with E-state index in [0.717, 1.165) is 0 Å². The van der Waals surface area contributed by atoms with Crippen LogP contribution in [-0.2, 0) is 19.1 Å². The van der Waals surface area contributed by atoms with Crippen molar-refractivity contribution in [3.63, 3.8) is 0 Å². The fourth-order valence-corrected chi connectivity index (χ4v) is 3.98. The Morgan fingerprint density at radius 3 is 2.72 bits per heavy atom. The summed E-state index contributed by atoms with van der Waals surface area (Å²) >= 11 is 0. The van der Waals surface area contributed by atoms with Crippen LogP contribution >= 0.6 is 0 Å². The van der Waals surface area contributed by atoms with Crippen LogP contribution in [0.4, 0.5) is 5.69 Å². The van der Waals surface area contributed by atoms with Crippen LogP contribution in [0.25, 0.3) is 0 Å². The summed E-state index contributed by atoms with van der Waals surface area (Å²) in [5.74, 6) is -3.75. The number of nitrogens with zero attached hydrogens (tertiary/aromatic N) is 1. The van der Waals surface area contributed by atoms with Gasteiger partial charge in [0, 0.05) is 17.6 Å². The Balaban J connectivity index is 1.61. The van der Waals surface area contributed by atoms with Crippen molar-refractivity contribution in [2.75, 3.05) is 18.1 Å². The minimum absolute atomic E-state index is 0.242. The molecular formula is C18H16NO6-. The lowest BCUT2D eigenvalue weighted by Gasteiger charge is -2.24. The molecule has 1 amide bonds. The molecule has 130 valence electrons. The van der Waals surface area contributed by atoms with Gasteiger partial charge in [0.25, 0.3) is 0 Å². The lowest BCUT2D eigenvalue weighted by atomic mass is 9.77. The molecule has 0 saturated carbocycles. The summed E-state index contributed by atoms with van der Waals surface area (Å²) in [6.45, 7) is 2.25. The largest absolute Gasteiger partial charge is 0.550 e. The number of amides is 1. The van der Waals surface area contributed by atoms with Gasteiger partial charge in [-0.1, -0.05) is 12.2 Å². The third-order valence-electron chi connectivity index (χ3n) is 5.06. The highest BCUT2D eigenvalue weighted by Gasteiger charge is 2.65.